The predicted molar refractivity (Wildman–Crippen MR) is 71.8 cm³/mol. The molecule has 1 aromatic rings. The molecule has 3 N–H and O–H groups in total. The maximum absolute atomic E-state index is 7.65. The number of nitrogens with one attached hydrogen (secondary N) is 1. The molecule has 1 aromatic carbocycles. The lowest BCUT2D eigenvalue weighted by Crippen LogP contribution is -2.13. The van der Waals surface area contributed by atoms with Gasteiger partial charge in [-0.05, 0) is 37.5 Å². The fourth-order valence-electron chi connectivity index (χ4n) is 1.82. The second-order valence-electron chi connectivity index (χ2n) is 4.02. The normalized spacial score (nSPS) is 19.1. The summed E-state index contributed by atoms with van der Waals surface area (Å²) < 4.78 is 0.963. The maximum atomic E-state index is 7.65. The average molecular weight is 280 g/mol. The van der Waals surface area contributed by atoms with Gasteiger partial charge in [0.05, 0.1) is 11.4 Å². The third-order valence-electron chi connectivity index (χ3n) is 2.63. The van der Waals surface area contributed by atoms with Crippen LogP contribution in [-0.2, 0) is 0 Å². The van der Waals surface area contributed by atoms with Gasteiger partial charge in [-0.15, -0.1) is 0 Å². The van der Waals surface area contributed by atoms with Gasteiger partial charge in [0.15, 0.2) is 0 Å². The van der Waals surface area contributed by atoms with E-state index in [0.29, 0.717) is 12.1 Å². The summed E-state index contributed by atoms with van der Waals surface area (Å²) in [5.74, 6) is 0. The number of anilines is 1. The van der Waals surface area contributed by atoms with Gasteiger partial charge in [0.2, 0.25) is 0 Å². The van der Waals surface area contributed by atoms with Crippen molar-refractivity contribution in [1.29, 1.82) is 5.41 Å². The Morgan fingerprint density at radius 2 is 2.12 bits per heavy atom. The van der Waals surface area contributed by atoms with Crippen molar-refractivity contribution >= 4 is 38.7 Å². The Hall–Kier alpha value is -1.16. The Bertz CT molecular complexity index is 452. The molecule has 0 saturated heterocycles. The Kier molecular flexibility index (Phi) is 3.39. The predicted octanol–water partition coefficient (Wildman–Crippen LogP) is 3.70. The summed E-state index contributed by atoms with van der Waals surface area (Å²) in [7, 11) is 0. The third-order valence-corrected chi connectivity index (χ3v) is 3.12. The summed E-state index contributed by atoms with van der Waals surface area (Å²) in [5, 5.41) is 7.65. The first kappa shape index (κ1) is 11.3. The van der Waals surface area contributed by atoms with Crippen molar-refractivity contribution < 1.29 is 0 Å². The van der Waals surface area contributed by atoms with Crippen LogP contribution in [0.1, 0.15) is 25.7 Å². The Labute approximate surface area is 103 Å². The fraction of sp³-hybridized carbons (Fsp3) is 0.333. The van der Waals surface area contributed by atoms with E-state index < -0.39 is 0 Å². The number of hydrogen-bond donors (Lipinski definition) is 2. The lowest BCUT2D eigenvalue weighted by molar-refractivity contribution is 0.868. The lowest BCUT2D eigenvalue weighted by Gasteiger charge is -2.14. The molecule has 84 valence electrons. The molecule has 4 heteroatoms. The molecule has 3 nitrogen and oxygen atoms in total. The molecule has 1 aliphatic carbocycles. The largest absolute Gasteiger partial charge is 0.397 e. The van der Waals surface area contributed by atoms with Gasteiger partial charge in [-0.25, -0.2) is 0 Å². The summed E-state index contributed by atoms with van der Waals surface area (Å²) in [6.45, 7) is 0. The van der Waals surface area contributed by atoms with Crippen LogP contribution in [0.15, 0.2) is 27.7 Å². The van der Waals surface area contributed by atoms with Crippen LogP contribution in [-0.4, -0.2) is 11.4 Å². The van der Waals surface area contributed by atoms with Gasteiger partial charge < -0.3 is 11.1 Å². The van der Waals surface area contributed by atoms with Crippen molar-refractivity contribution in [1.82, 2.24) is 0 Å². The van der Waals surface area contributed by atoms with Gasteiger partial charge in [-0.2, -0.15) is 0 Å². The third kappa shape index (κ3) is 2.70. The molecule has 0 heterocycles. The summed E-state index contributed by atoms with van der Waals surface area (Å²) in [4.78, 5) is 4.54. The monoisotopic (exact) mass is 279 g/mol. The molecule has 0 bridgehead atoms. The molecule has 0 atom stereocenters. The van der Waals surface area contributed by atoms with E-state index in [2.05, 4.69) is 20.9 Å². The summed E-state index contributed by atoms with van der Waals surface area (Å²) in [6, 6.07) is 5.70. The minimum atomic E-state index is 0.680. The van der Waals surface area contributed by atoms with Gasteiger partial charge in [0, 0.05) is 22.3 Å². The molecule has 0 radical (unpaired) electrons. The number of benzene rings is 1. The van der Waals surface area contributed by atoms with E-state index in [1.165, 1.54) is 0 Å². The van der Waals surface area contributed by atoms with Gasteiger partial charge in [-0.3, -0.25) is 4.99 Å². The van der Waals surface area contributed by atoms with Gasteiger partial charge >= 0.3 is 0 Å². The molecule has 0 amide bonds. The quantitative estimate of drug-likeness (QED) is 0.757. The minimum absolute atomic E-state index is 0.680. The molecular formula is C12H14BrN3. The Morgan fingerprint density at radius 1 is 1.31 bits per heavy atom. The zero-order chi connectivity index (χ0) is 11.5. The van der Waals surface area contributed by atoms with Crippen molar-refractivity contribution in [3.05, 3.63) is 22.7 Å². The van der Waals surface area contributed by atoms with E-state index in [0.717, 1.165) is 40.8 Å². The number of hydrogen-bond acceptors (Lipinski definition) is 3. The number of aliphatic imine (C=N–C) groups is 1. The zero-order valence-electron chi connectivity index (χ0n) is 8.96. The molecular weight excluding hydrogens is 266 g/mol. The summed E-state index contributed by atoms with van der Waals surface area (Å²) in [5.41, 5.74) is 9.23. The lowest BCUT2D eigenvalue weighted by atomic mass is 9.96. The van der Waals surface area contributed by atoms with E-state index in [9.17, 15) is 0 Å². The highest BCUT2D eigenvalue weighted by molar-refractivity contribution is 9.10. The van der Waals surface area contributed by atoms with Crippen molar-refractivity contribution in [2.75, 3.05) is 5.73 Å². The van der Waals surface area contributed by atoms with E-state index in [1.807, 2.05) is 18.2 Å². The van der Waals surface area contributed by atoms with Crippen LogP contribution in [0.5, 0.6) is 0 Å². The average Bonchev–Trinajstić information content (AvgIpc) is 2.22. The Balaban J connectivity index is 2.24. The molecule has 2 rings (SSSR count). The zero-order valence-corrected chi connectivity index (χ0v) is 10.5. The molecule has 1 saturated carbocycles. The van der Waals surface area contributed by atoms with Crippen molar-refractivity contribution in [3.63, 3.8) is 0 Å². The van der Waals surface area contributed by atoms with Crippen LogP contribution in [0, 0.1) is 5.41 Å². The van der Waals surface area contributed by atoms with Crippen LogP contribution in [0.25, 0.3) is 0 Å². The highest BCUT2D eigenvalue weighted by atomic mass is 79.9. The van der Waals surface area contributed by atoms with E-state index in [-0.39, 0.29) is 0 Å². The van der Waals surface area contributed by atoms with Crippen LogP contribution in [0.4, 0.5) is 11.4 Å². The number of halogens is 1. The van der Waals surface area contributed by atoms with E-state index >= 15 is 0 Å². The van der Waals surface area contributed by atoms with Crippen molar-refractivity contribution in [2.24, 2.45) is 4.99 Å². The van der Waals surface area contributed by atoms with Crippen LogP contribution in [0.3, 0.4) is 0 Å². The highest BCUT2D eigenvalue weighted by Crippen LogP contribution is 2.27. The SMILES string of the molecule is N=C1CCCC(=Nc2ccc(Br)cc2N)C1. The van der Waals surface area contributed by atoms with Gasteiger partial charge in [-0.1, -0.05) is 15.9 Å². The first-order valence-electron chi connectivity index (χ1n) is 5.33. The first-order chi connectivity index (χ1) is 7.65. The maximum Gasteiger partial charge on any atom is 0.0859 e. The molecule has 1 aliphatic rings. The standard InChI is InChI=1S/C12H14BrN3/c13-8-4-5-12(11(15)6-8)16-10-3-1-2-9(14)7-10/h4-6,14H,1-3,7,15H2. The van der Waals surface area contributed by atoms with Crippen LogP contribution < -0.4 is 5.73 Å². The van der Waals surface area contributed by atoms with E-state index in [1.54, 1.807) is 0 Å². The minimum Gasteiger partial charge on any atom is -0.397 e. The summed E-state index contributed by atoms with van der Waals surface area (Å²) in [6.07, 6.45) is 3.64. The molecule has 16 heavy (non-hydrogen) atoms. The molecule has 0 aromatic heterocycles. The highest BCUT2D eigenvalue weighted by Gasteiger charge is 2.12. The topological polar surface area (TPSA) is 62.2 Å². The second-order valence-corrected chi connectivity index (χ2v) is 4.93. The summed E-state index contributed by atoms with van der Waals surface area (Å²) >= 11 is 3.37. The van der Waals surface area contributed by atoms with Crippen molar-refractivity contribution in [2.45, 2.75) is 25.7 Å². The fourth-order valence-corrected chi connectivity index (χ4v) is 2.20. The molecule has 0 spiro atoms. The molecule has 1 fully saturated rings. The second kappa shape index (κ2) is 4.78. The number of nitrogens with zero attached hydrogens (tertiary/aromatic N) is 1. The Morgan fingerprint density at radius 3 is 2.81 bits per heavy atom. The van der Waals surface area contributed by atoms with Gasteiger partial charge in [0.1, 0.15) is 0 Å². The first-order valence-corrected chi connectivity index (χ1v) is 6.12. The molecule has 0 aliphatic heterocycles. The number of nitrogens with two attached hydrogens (primary N) is 1. The molecule has 0 unspecified atom stereocenters. The van der Waals surface area contributed by atoms with Crippen molar-refractivity contribution in [3.8, 4) is 0 Å². The van der Waals surface area contributed by atoms with E-state index in [4.69, 9.17) is 11.1 Å². The number of nitrogen functional groups attached to an aromatic ring is 1. The van der Waals surface area contributed by atoms with Crippen LogP contribution >= 0.6 is 15.9 Å². The number of rotatable bonds is 1. The smallest absolute Gasteiger partial charge is 0.0859 e. The van der Waals surface area contributed by atoms with Crippen LogP contribution in [0.2, 0.25) is 0 Å². The van der Waals surface area contributed by atoms with Gasteiger partial charge in [0.25, 0.3) is 0 Å².